The van der Waals surface area contributed by atoms with Crippen LogP contribution in [0.1, 0.15) is 53.8 Å². The second-order valence-corrected chi connectivity index (χ2v) is 11.6. The van der Waals surface area contributed by atoms with Crippen LogP contribution in [-0.4, -0.2) is 47.2 Å². The second-order valence-electron chi connectivity index (χ2n) is 10.5. The highest BCUT2D eigenvalue weighted by Gasteiger charge is 2.29. The third-order valence-electron chi connectivity index (χ3n) is 7.26. The van der Waals surface area contributed by atoms with Gasteiger partial charge in [0, 0.05) is 43.2 Å². The molecule has 0 radical (unpaired) electrons. The topological polar surface area (TPSA) is 76.9 Å². The number of nitrogens with one attached hydrogen (secondary N) is 2. The lowest BCUT2D eigenvalue weighted by molar-refractivity contribution is -0.126. The molecule has 208 valence electrons. The maximum absolute atomic E-state index is 13.0. The molecule has 1 aliphatic heterocycles. The van der Waals surface area contributed by atoms with Gasteiger partial charge in [-0.15, -0.1) is 11.3 Å². The van der Waals surface area contributed by atoms with Crippen molar-refractivity contribution < 1.29 is 13.2 Å². The van der Waals surface area contributed by atoms with Gasteiger partial charge in [-0.05, 0) is 67.0 Å². The Balaban J connectivity index is 1.45. The van der Waals surface area contributed by atoms with E-state index in [2.05, 4.69) is 57.6 Å². The number of hydrogen-bond acceptors (Lipinski definition) is 7. The molecule has 4 rings (SSSR count). The molecule has 0 spiro atoms. The molecule has 0 saturated carbocycles. The van der Waals surface area contributed by atoms with Crippen LogP contribution in [0.5, 0.6) is 0 Å². The van der Waals surface area contributed by atoms with Crippen LogP contribution < -0.4 is 10.6 Å². The Morgan fingerprint density at radius 2 is 1.95 bits per heavy atom. The van der Waals surface area contributed by atoms with E-state index >= 15 is 0 Å². The summed E-state index contributed by atoms with van der Waals surface area (Å²) in [5, 5.41) is 16.6. The van der Waals surface area contributed by atoms with Gasteiger partial charge in [0.05, 0.1) is 17.9 Å². The number of aromatic nitrogens is 2. The molecule has 0 aliphatic carbocycles. The SMILES string of the molecule is CNc1nc(NC2CCN(Cc3ccc(C)c(/C=C(/C#N)C(C)C)c3C)CC2)c2cc(CC(F)(F)F)sc2n1. The Morgan fingerprint density at radius 3 is 2.56 bits per heavy atom. The van der Waals surface area contributed by atoms with Gasteiger partial charge in [-0.1, -0.05) is 26.0 Å². The fourth-order valence-electron chi connectivity index (χ4n) is 4.93. The summed E-state index contributed by atoms with van der Waals surface area (Å²) in [5.41, 5.74) is 5.53. The van der Waals surface area contributed by atoms with Gasteiger partial charge in [0.1, 0.15) is 10.6 Å². The van der Waals surface area contributed by atoms with Gasteiger partial charge in [0.15, 0.2) is 0 Å². The number of aryl methyl sites for hydroxylation is 1. The quantitative estimate of drug-likeness (QED) is 0.289. The number of alkyl halides is 3. The molecular formula is C29H35F3N6S. The lowest BCUT2D eigenvalue weighted by atomic mass is 9.93. The van der Waals surface area contributed by atoms with Crippen LogP contribution in [0.2, 0.25) is 0 Å². The summed E-state index contributed by atoms with van der Waals surface area (Å²) in [6.45, 7) is 10.9. The summed E-state index contributed by atoms with van der Waals surface area (Å²) in [6.07, 6.45) is -1.42. The minimum atomic E-state index is -4.26. The number of fused-ring (bicyclic) bond motifs is 1. The van der Waals surface area contributed by atoms with Crippen molar-refractivity contribution in [2.45, 2.75) is 65.7 Å². The normalized spacial score (nSPS) is 15.6. The first-order chi connectivity index (χ1) is 18.5. The molecule has 3 heterocycles. The zero-order valence-corrected chi connectivity index (χ0v) is 23.9. The monoisotopic (exact) mass is 556 g/mol. The minimum absolute atomic E-state index is 0.164. The van der Waals surface area contributed by atoms with Gasteiger partial charge in [-0.25, -0.2) is 4.98 Å². The van der Waals surface area contributed by atoms with Gasteiger partial charge in [0.2, 0.25) is 5.95 Å². The Bertz CT molecular complexity index is 1390. The van der Waals surface area contributed by atoms with Crippen molar-refractivity contribution in [3.05, 3.63) is 50.9 Å². The molecule has 1 aliphatic rings. The first-order valence-corrected chi connectivity index (χ1v) is 14.0. The van der Waals surface area contributed by atoms with Crippen molar-refractivity contribution in [3.8, 4) is 6.07 Å². The summed E-state index contributed by atoms with van der Waals surface area (Å²) in [6, 6.07) is 8.38. The molecule has 2 aromatic heterocycles. The molecule has 2 N–H and O–H groups in total. The van der Waals surface area contributed by atoms with Crippen molar-refractivity contribution in [1.29, 1.82) is 5.26 Å². The van der Waals surface area contributed by atoms with Crippen LogP contribution in [0.25, 0.3) is 16.3 Å². The van der Waals surface area contributed by atoms with Gasteiger partial charge in [-0.3, -0.25) is 4.90 Å². The van der Waals surface area contributed by atoms with Gasteiger partial charge in [-0.2, -0.15) is 23.4 Å². The Kier molecular flexibility index (Phi) is 8.82. The molecular weight excluding hydrogens is 521 g/mol. The molecule has 1 fully saturated rings. The average molecular weight is 557 g/mol. The van der Waals surface area contributed by atoms with Crippen LogP contribution >= 0.6 is 11.3 Å². The third kappa shape index (κ3) is 7.08. The highest BCUT2D eigenvalue weighted by Crippen LogP contribution is 2.34. The fraction of sp³-hybridized carbons (Fsp3) is 0.483. The van der Waals surface area contributed by atoms with Crippen LogP contribution in [0, 0.1) is 31.1 Å². The number of hydrogen-bond donors (Lipinski definition) is 2. The number of likely N-dealkylation sites (tertiary alicyclic amines) is 1. The molecule has 1 saturated heterocycles. The number of rotatable bonds is 8. The molecule has 0 atom stereocenters. The van der Waals surface area contributed by atoms with Crippen molar-refractivity contribution in [2.75, 3.05) is 30.8 Å². The molecule has 6 nitrogen and oxygen atoms in total. The van der Waals surface area contributed by atoms with Crippen molar-refractivity contribution in [1.82, 2.24) is 14.9 Å². The predicted molar refractivity (Wildman–Crippen MR) is 153 cm³/mol. The summed E-state index contributed by atoms with van der Waals surface area (Å²) in [7, 11) is 1.70. The zero-order valence-electron chi connectivity index (χ0n) is 23.0. The number of nitrogens with zero attached hydrogens (tertiary/aromatic N) is 4. The maximum Gasteiger partial charge on any atom is 0.393 e. The number of allylic oxidation sites excluding steroid dienone is 1. The van der Waals surface area contributed by atoms with E-state index in [1.165, 1.54) is 11.1 Å². The Labute approximate surface area is 232 Å². The summed E-state index contributed by atoms with van der Waals surface area (Å²) in [5.74, 6) is 1.14. The first kappa shape index (κ1) is 28.8. The number of nitriles is 1. The average Bonchev–Trinajstić information content (AvgIpc) is 3.27. The van der Waals surface area contributed by atoms with E-state index in [1.807, 2.05) is 19.9 Å². The highest BCUT2D eigenvalue weighted by molar-refractivity contribution is 7.18. The number of anilines is 2. The number of benzene rings is 1. The van der Waals surface area contributed by atoms with Crippen LogP contribution in [0.4, 0.5) is 24.9 Å². The lowest BCUT2D eigenvalue weighted by Gasteiger charge is -2.33. The van der Waals surface area contributed by atoms with Crippen molar-refractivity contribution in [2.24, 2.45) is 5.92 Å². The van der Waals surface area contributed by atoms with E-state index in [4.69, 9.17) is 0 Å². The fourth-order valence-corrected chi connectivity index (χ4v) is 5.99. The summed E-state index contributed by atoms with van der Waals surface area (Å²) >= 11 is 1.06. The van der Waals surface area contributed by atoms with E-state index in [0.29, 0.717) is 22.0 Å². The van der Waals surface area contributed by atoms with Crippen molar-refractivity contribution in [3.63, 3.8) is 0 Å². The van der Waals surface area contributed by atoms with Gasteiger partial charge < -0.3 is 10.6 Å². The van der Waals surface area contributed by atoms with E-state index in [9.17, 15) is 18.4 Å². The van der Waals surface area contributed by atoms with E-state index < -0.39 is 12.6 Å². The Morgan fingerprint density at radius 1 is 1.23 bits per heavy atom. The molecule has 0 unspecified atom stereocenters. The largest absolute Gasteiger partial charge is 0.393 e. The molecule has 39 heavy (non-hydrogen) atoms. The molecule has 1 aromatic carbocycles. The van der Waals surface area contributed by atoms with Gasteiger partial charge in [0.25, 0.3) is 0 Å². The third-order valence-corrected chi connectivity index (χ3v) is 8.29. The first-order valence-electron chi connectivity index (χ1n) is 13.2. The Hall–Kier alpha value is -3.16. The summed E-state index contributed by atoms with van der Waals surface area (Å²) < 4.78 is 38.9. The molecule has 0 amide bonds. The van der Waals surface area contributed by atoms with E-state index in [0.717, 1.165) is 60.5 Å². The number of halogens is 3. The smallest absolute Gasteiger partial charge is 0.367 e. The minimum Gasteiger partial charge on any atom is -0.367 e. The van der Waals surface area contributed by atoms with Crippen molar-refractivity contribution >= 4 is 39.4 Å². The van der Waals surface area contributed by atoms with E-state index in [-0.39, 0.29) is 16.8 Å². The standard InChI is InChI=1S/C29H35F3N6S/c1-17(2)21(15-33)12-24-18(3)6-7-20(19(24)4)16-38-10-8-22(9-11-38)35-26-25-13-23(14-29(30,31)32)39-27(25)37-28(34-5)36-26/h6-7,12-13,17,22H,8-11,14,16H2,1-5H3,(H2,34,35,36,37)/b21-12-. The lowest BCUT2D eigenvalue weighted by Crippen LogP contribution is -2.39. The number of piperidine rings is 1. The highest BCUT2D eigenvalue weighted by atomic mass is 32.1. The van der Waals surface area contributed by atoms with Gasteiger partial charge >= 0.3 is 6.18 Å². The zero-order chi connectivity index (χ0) is 28.3. The number of thiophene rings is 1. The van der Waals surface area contributed by atoms with Crippen LogP contribution in [0.3, 0.4) is 0 Å². The summed E-state index contributed by atoms with van der Waals surface area (Å²) in [4.78, 5) is 12.1. The molecule has 0 bridgehead atoms. The van der Waals surface area contributed by atoms with Crippen LogP contribution in [0.15, 0.2) is 23.8 Å². The van der Waals surface area contributed by atoms with E-state index in [1.54, 1.807) is 13.1 Å². The maximum atomic E-state index is 13.0. The van der Waals surface area contributed by atoms with Crippen LogP contribution in [-0.2, 0) is 13.0 Å². The predicted octanol–water partition coefficient (Wildman–Crippen LogP) is 7.09. The molecule has 10 heteroatoms. The molecule has 3 aromatic rings. The second kappa shape index (κ2) is 11.9.